The van der Waals surface area contributed by atoms with Gasteiger partial charge in [0, 0.05) is 11.3 Å². The second-order valence-corrected chi connectivity index (χ2v) is 6.06. The van der Waals surface area contributed by atoms with Gasteiger partial charge in [-0.15, -0.1) is 0 Å². The van der Waals surface area contributed by atoms with Gasteiger partial charge in [0.05, 0.1) is 5.69 Å². The van der Waals surface area contributed by atoms with E-state index in [0.717, 1.165) is 28.8 Å². The molecule has 0 bridgehead atoms. The summed E-state index contributed by atoms with van der Waals surface area (Å²) in [5.74, 6) is 2.69. The number of aliphatic imine (C=N–C) groups is 1. The maximum atomic E-state index is 5.50. The van der Waals surface area contributed by atoms with E-state index in [0.29, 0.717) is 12.4 Å². The second-order valence-electron chi connectivity index (χ2n) is 4.98. The normalized spacial score (nSPS) is 21.5. The number of thioether (sulfide) groups is 1. The van der Waals surface area contributed by atoms with Crippen molar-refractivity contribution in [3.63, 3.8) is 0 Å². The number of rotatable bonds is 2. The molecule has 4 nitrogen and oxygen atoms in total. The van der Waals surface area contributed by atoms with E-state index in [1.807, 2.05) is 13.8 Å². The smallest absolute Gasteiger partial charge is 0.216 e. The van der Waals surface area contributed by atoms with Crippen LogP contribution in [0.1, 0.15) is 37.6 Å². The van der Waals surface area contributed by atoms with Crippen LogP contribution in [0, 0.1) is 13.8 Å². The first-order chi connectivity index (χ1) is 7.96. The number of oxazole rings is 1. The van der Waals surface area contributed by atoms with E-state index in [-0.39, 0.29) is 5.54 Å². The molecule has 0 saturated carbocycles. The topological polar surface area (TPSA) is 50.4 Å². The zero-order valence-corrected chi connectivity index (χ0v) is 11.6. The van der Waals surface area contributed by atoms with Crippen LogP contribution in [0.15, 0.2) is 9.41 Å². The monoisotopic (exact) mass is 253 g/mol. The number of nitrogens with one attached hydrogen (secondary N) is 1. The molecule has 0 radical (unpaired) electrons. The lowest BCUT2D eigenvalue weighted by atomic mass is 10.0. The van der Waals surface area contributed by atoms with Gasteiger partial charge in [0.2, 0.25) is 5.89 Å². The van der Waals surface area contributed by atoms with Gasteiger partial charge in [-0.05, 0) is 34.1 Å². The third-order valence-corrected chi connectivity index (χ3v) is 3.75. The molecule has 0 aromatic carbocycles. The van der Waals surface area contributed by atoms with Crippen LogP contribution < -0.4 is 5.32 Å². The molecule has 2 rings (SSSR count). The summed E-state index contributed by atoms with van der Waals surface area (Å²) in [5.41, 5.74) is 1.09. The predicted molar refractivity (Wildman–Crippen MR) is 71.4 cm³/mol. The van der Waals surface area contributed by atoms with E-state index >= 15 is 0 Å². The number of aromatic nitrogens is 1. The number of aryl methyl sites for hydroxylation is 2. The van der Waals surface area contributed by atoms with Gasteiger partial charge in [0.25, 0.3) is 0 Å². The molecule has 0 spiro atoms. The highest BCUT2D eigenvalue weighted by Gasteiger charge is 2.24. The molecule has 1 N–H and O–H groups in total. The number of hydrogen-bond donors (Lipinski definition) is 1. The minimum Gasteiger partial charge on any atom is -0.444 e. The van der Waals surface area contributed by atoms with Crippen molar-refractivity contribution in [1.29, 1.82) is 0 Å². The number of amidine groups is 1. The molecule has 0 amide bonds. The predicted octanol–water partition coefficient (Wildman–Crippen LogP) is 2.65. The zero-order valence-electron chi connectivity index (χ0n) is 10.8. The summed E-state index contributed by atoms with van der Waals surface area (Å²) >= 11 is 1.77. The first kappa shape index (κ1) is 12.5. The van der Waals surface area contributed by atoms with Crippen molar-refractivity contribution >= 4 is 16.9 Å². The maximum absolute atomic E-state index is 5.50. The quantitative estimate of drug-likeness (QED) is 0.880. The molecule has 1 aromatic rings. The molecular formula is C12H19N3OS. The molecule has 1 saturated heterocycles. The van der Waals surface area contributed by atoms with Crippen molar-refractivity contribution in [3.05, 3.63) is 17.3 Å². The Kier molecular flexibility index (Phi) is 3.47. The highest BCUT2D eigenvalue weighted by atomic mass is 32.2. The number of hydrogen-bond acceptors (Lipinski definition) is 4. The Labute approximate surface area is 106 Å². The average molecular weight is 253 g/mol. The van der Waals surface area contributed by atoms with E-state index in [9.17, 15) is 0 Å². The van der Waals surface area contributed by atoms with E-state index in [1.165, 1.54) is 0 Å². The molecule has 5 heteroatoms. The largest absolute Gasteiger partial charge is 0.444 e. The molecular weight excluding hydrogens is 234 g/mol. The summed E-state index contributed by atoms with van der Waals surface area (Å²) < 4.78 is 5.50. The Morgan fingerprint density at radius 1 is 1.47 bits per heavy atom. The van der Waals surface area contributed by atoms with Gasteiger partial charge in [-0.3, -0.25) is 4.99 Å². The van der Waals surface area contributed by atoms with Crippen LogP contribution in [-0.2, 0) is 6.54 Å². The second kappa shape index (κ2) is 4.72. The maximum Gasteiger partial charge on any atom is 0.216 e. The van der Waals surface area contributed by atoms with Crippen LogP contribution in [-0.4, -0.2) is 21.4 Å². The molecule has 1 aliphatic heterocycles. The molecule has 1 aliphatic rings. The standard InChI is InChI=1S/C12H19N3OS/c1-8-9(2)16-10(14-8)7-13-11-15-12(3,4)5-6-17-11/h5-7H2,1-4H3,(H,13,15). The number of nitrogens with zero attached hydrogens (tertiary/aromatic N) is 2. The van der Waals surface area contributed by atoms with Gasteiger partial charge in [-0.25, -0.2) is 4.98 Å². The fourth-order valence-electron chi connectivity index (χ4n) is 1.62. The van der Waals surface area contributed by atoms with Crippen molar-refractivity contribution in [2.45, 2.75) is 46.2 Å². The first-order valence-electron chi connectivity index (χ1n) is 5.85. The van der Waals surface area contributed by atoms with E-state index in [2.05, 4.69) is 29.1 Å². The van der Waals surface area contributed by atoms with Crippen molar-refractivity contribution in [2.75, 3.05) is 5.75 Å². The Morgan fingerprint density at radius 3 is 2.82 bits per heavy atom. The van der Waals surface area contributed by atoms with Gasteiger partial charge in [-0.1, -0.05) is 11.8 Å². The summed E-state index contributed by atoms with van der Waals surface area (Å²) in [6.07, 6.45) is 1.16. The Bertz CT molecular complexity index is 417. The van der Waals surface area contributed by atoms with Gasteiger partial charge >= 0.3 is 0 Å². The molecule has 17 heavy (non-hydrogen) atoms. The van der Waals surface area contributed by atoms with Crippen LogP contribution in [0.5, 0.6) is 0 Å². The molecule has 1 fully saturated rings. The summed E-state index contributed by atoms with van der Waals surface area (Å²) in [7, 11) is 0. The van der Waals surface area contributed by atoms with E-state index < -0.39 is 0 Å². The summed E-state index contributed by atoms with van der Waals surface area (Å²) in [6.45, 7) is 8.78. The minimum absolute atomic E-state index is 0.145. The Hall–Kier alpha value is -0.970. The third kappa shape index (κ3) is 3.25. The van der Waals surface area contributed by atoms with Crippen LogP contribution in [0.25, 0.3) is 0 Å². The summed E-state index contributed by atoms with van der Waals surface area (Å²) in [4.78, 5) is 8.84. The Balaban J connectivity index is 2.00. The van der Waals surface area contributed by atoms with E-state index in [4.69, 9.17) is 4.42 Å². The summed E-state index contributed by atoms with van der Waals surface area (Å²) in [5, 5.41) is 4.42. The first-order valence-corrected chi connectivity index (χ1v) is 6.83. The lowest BCUT2D eigenvalue weighted by Crippen LogP contribution is -2.46. The van der Waals surface area contributed by atoms with Crippen LogP contribution >= 0.6 is 11.8 Å². The highest BCUT2D eigenvalue weighted by Crippen LogP contribution is 2.22. The van der Waals surface area contributed by atoms with Crippen LogP contribution in [0.2, 0.25) is 0 Å². The van der Waals surface area contributed by atoms with Crippen molar-refractivity contribution in [1.82, 2.24) is 10.3 Å². The molecule has 0 aliphatic carbocycles. The Morgan fingerprint density at radius 2 is 2.24 bits per heavy atom. The summed E-state index contributed by atoms with van der Waals surface area (Å²) in [6, 6.07) is 0. The van der Waals surface area contributed by atoms with Gasteiger partial charge in [0.1, 0.15) is 12.3 Å². The van der Waals surface area contributed by atoms with Crippen LogP contribution in [0.4, 0.5) is 0 Å². The molecule has 94 valence electrons. The lowest BCUT2D eigenvalue weighted by molar-refractivity contribution is 0.443. The van der Waals surface area contributed by atoms with Gasteiger partial charge in [0.15, 0.2) is 5.17 Å². The van der Waals surface area contributed by atoms with Crippen molar-refractivity contribution < 1.29 is 4.42 Å². The molecule has 0 unspecified atom stereocenters. The molecule has 0 atom stereocenters. The van der Waals surface area contributed by atoms with Gasteiger partial charge in [-0.2, -0.15) is 0 Å². The van der Waals surface area contributed by atoms with Crippen LogP contribution in [0.3, 0.4) is 0 Å². The SMILES string of the molecule is Cc1nc(CN=C2NC(C)(C)CCS2)oc1C. The van der Waals surface area contributed by atoms with Gasteiger partial charge < -0.3 is 9.73 Å². The zero-order chi connectivity index (χ0) is 12.5. The van der Waals surface area contributed by atoms with Crippen molar-refractivity contribution in [3.8, 4) is 0 Å². The lowest BCUT2D eigenvalue weighted by Gasteiger charge is -2.32. The van der Waals surface area contributed by atoms with E-state index in [1.54, 1.807) is 11.8 Å². The fourth-order valence-corrected chi connectivity index (χ4v) is 2.93. The highest BCUT2D eigenvalue weighted by molar-refractivity contribution is 8.13. The molecule has 2 heterocycles. The third-order valence-electron chi connectivity index (χ3n) is 2.84. The average Bonchev–Trinajstić information content (AvgIpc) is 2.54. The molecule has 1 aromatic heterocycles. The fraction of sp³-hybridized carbons (Fsp3) is 0.667. The van der Waals surface area contributed by atoms with Crippen molar-refractivity contribution in [2.24, 2.45) is 4.99 Å². The minimum atomic E-state index is 0.145.